The quantitative estimate of drug-likeness (QED) is 0.687. The van der Waals surface area contributed by atoms with Crippen molar-refractivity contribution in [1.82, 2.24) is 10.6 Å². The Morgan fingerprint density at radius 1 is 1.18 bits per heavy atom. The molecule has 1 fully saturated rings. The van der Waals surface area contributed by atoms with E-state index in [2.05, 4.69) is 10.6 Å². The third-order valence-electron chi connectivity index (χ3n) is 2.68. The topological polar surface area (TPSA) is 76.7 Å². The molecule has 2 aliphatic rings. The Bertz CT molecular complexity index is 500. The highest BCUT2D eigenvalue weighted by Crippen LogP contribution is 2.37. The first-order valence-corrected chi connectivity index (χ1v) is 5.25. The van der Waals surface area contributed by atoms with Crippen molar-refractivity contribution in [2.75, 3.05) is 13.2 Å². The van der Waals surface area contributed by atoms with E-state index in [1.54, 1.807) is 18.2 Å². The van der Waals surface area contributed by atoms with Gasteiger partial charge in [-0.15, -0.1) is 0 Å². The number of hydrogen-bond acceptors (Lipinski definition) is 4. The summed E-state index contributed by atoms with van der Waals surface area (Å²) in [6, 6.07) is 4.07. The van der Waals surface area contributed by atoms with Crippen LogP contribution < -0.4 is 20.1 Å². The number of fused-ring (bicyclic) bond motifs is 1. The number of carbonyl (C=O) groups is 2. The molecule has 2 heterocycles. The lowest BCUT2D eigenvalue weighted by Crippen LogP contribution is -2.23. The number of imide groups is 1. The standard InChI is InChI=1S/C11H10N2O4/c14-10-8(12-11(15)13-10)6-2-1-3-7-9(6)17-5-4-16-7/h1-3,8H,4-5H2,(H2,12,13,14,15). The molecular formula is C11H10N2O4. The van der Waals surface area contributed by atoms with E-state index >= 15 is 0 Å². The maximum Gasteiger partial charge on any atom is 0.322 e. The van der Waals surface area contributed by atoms with Crippen molar-refractivity contribution in [3.05, 3.63) is 23.8 Å². The van der Waals surface area contributed by atoms with Gasteiger partial charge in [0.2, 0.25) is 0 Å². The van der Waals surface area contributed by atoms with E-state index in [1.807, 2.05) is 0 Å². The number of carbonyl (C=O) groups excluding carboxylic acids is 2. The third kappa shape index (κ3) is 1.57. The average molecular weight is 234 g/mol. The molecule has 6 nitrogen and oxygen atoms in total. The van der Waals surface area contributed by atoms with Crippen LogP contribution in [0.4, 0.5) is 4.79 Å². The van der Waals surface area contributed by atoms with Crippen LogP contribution in [0.15, 0.2) is 18.2 Å². The van der Waals surface area contributed by atoms with Crippen LogP contribution in [0.1, 0.15) is 11.6 Å². The van der Waals surface area contributed by atoms with Crippen molar-refractivity contribution in [1.29, 1.82) is 0 Å². The van der Waals surface area contributed by atoms with Gasteiger partial charge in [0.1, 0.15) is 19.3 Å². The largest absolute Gasteiger partial charge is 0.486 e. The fraction of sp³-hybridized carbons (Fsp3) is 0.273. The van der Waals surface area contributed by atoms with Gasteiger partial charge in [0, 0.05) is 5.56 Å². The van der Waals surface area contributed by atoms with E-state index in [0.29, 0.717) is 30.3 Å². The SMILES string of the molecule is O=C1NC(=O)C(c2cccc3c2OCCO3)N1. The summed E-state index contributed by atoms with van der Waals surface area (Å²) in [7, 11) is 0. The fourth-order valence-corrected chi connectivity index (χ4v) is 1.96. The van der Waals surface area contributed by atoms with E-state index in [0.717, 1.165) is 0 Å². The van der Waals surface area contributed by atoms with Gasteiger partial charge in [-0.2, -0.15) is 0 Å². The summed E-state index contributed by atoms with van der Waals surface area (Å²) in [6.45, 7) is 0.923. The zero-order valence-electron chi connectivity index (χ0n) is 8.86. The highest BCUT2D eigenvalue weighted by Gasteiger charge is 2.34. The average Bonchev–Trinajstić information content (AvgIpc) is 2.68. The Balaban J connectivity index is 2.03. The molecule has 3 rings (SSSR count). The molecule has 1 saturated heterocycles. The van der Waals surface area contributed by atoms with E-state index in [4.69, 9.17) is 9.47 Å². The second-order valence-electron chi connectivity index (χ2n) is 3.77. The lowest BCUT2D eigenvalue weighted by Gasteiger charge is -2.22. The molecule has 0 bridgehead atoms. The normalized spacial score (nSPS) is 22.0. The summed E-state index contributed by atoms with van der Waals surface area (Å²) in [4.78, 5) is 22.7. The fourth-order valence-electron chi connectivity index (χ4n) is 1.96. The zero-order chi connectivity index (χ0) is 11.8. The predicted molar refractivity (Wildman–Crippen MR) is 56.8 cm³/mol. The summed E-state index contributed by atoms with van der Waals surface area (Å²) in [5, 5.41) is 4.72. The van der Waals surface area contributed by atoms with E-state index in [1.165, 1.54) is 0 Å². The Labute approximate surface area is 96.9 Å². The minimum atomic E-state index is -0.709. The van der Waals surface area contributed by atoms with Crippen molar-refractivity contribution >= 4 is 11.9 Å². The van der Waals surface area contributed by atoms with Crippen molar-refractivity contribution < 1.29 is 19.1 Å². The van der Waals surface area contributed by atoms with Crippen LogP contribution in [0.5, 0.6) is 11.5 Å². The second kappa shape index (κ2) is 3.65. The molecule has 88 valence electrons. The van der Waals surface area contributed by atoms with Crippen molar-refractivity contribution in [3.8, 4) is 11.5 Å². The van der Waals surface area contributed by atoms with Gasteiger partial charge in [0.05, 0.1) is 0 Å². The number of hydrogen-bond donors (Lipinski definition) is 2. The molecule has 0 radical (unpaired) electrons. The van der Waals surface area contributed by atoms with E-state index in [-0.39, 0.29) is 5.91 Å². The van der Waals surface area contributed by atoms with Gasteiger partial charge in [0.25, 0.3) is 5.91 Å². The maximum absolute atomic E-state index is 11.6. The first-order chi connectivity index (χ1) is 8.25. The number of benzene rings is 1. The smallest absolute Gasteiger partial charge is 0.322 e. The van der Waals surface area contributed by atoms with Gasteiger partial charge in [-0.3, -0.25) is 10.1 Å². The molecule has 0 saturated carbocycles. The second-order valence-corrected chi connectivity index (χ2v) is 3.77. The van der Waals surface area contributed by atoms with Crippen LogP contribution in [-0.2, 0) is 4.79 Å². The molecule has 0 spiro atoms. The lowest BCUT2D eigenvalue weighted by atomic mass is 10.1. The molecule has 1 aromatic carbocycles. The van der Waals surface area contributed by atoms with Gasteiger partial charge in [-0.1, -0.05) is 12.1 Å². The minimum absolute atomic E-state index is 0.377. The molecular weight excluding hydrogens is 224 g/mol. The van der Waals surface area contributed by atoms with Crippen LogP contribution >= 0.6 is 0 Å². The molecule has 1 unspecified atom stereocenters. The van der Waals surface area contributed by atoms with Gasteiger partial charge in [-0.05, 0) is 6.07 Å². The Hall–Kier alpha value is -2.24. The number of ether oxygens (including phenoxy) is 2. The molecule has 0 aliphatic carbocycles. The van der Waals surface area contributed by atoms with E-state index < -0.39 is 12.1 Å². The summed E-state index contributed by atoms with van der Waals surface area (Å²) < 4.78 is 10.9. The predicted octanol–water partition coefficient (Wildman–Crippen LogP) is 0.338. The van der Waals surface area contributed by atoms with Crippen LogP contribution in [0, 0.1) is 0 Å². The zero-order valence-corrected chi connectivity index (χ0v) is 8.86. The van der Waals surface area contributed by atoms with Gasteiger partial charge in [-0.25, -0.2) is 4.79 Å². The van der Waals surface area contributed by atoms with Crippen molar-refractivity contribution in [3.63, 3.8) is 0 Å². The first-order valence-electron chi connectivity index (χ1n) is 5.25. The van der Waals surface area contributed by atoms with Gasteiger partial charge >= 0.3 is 6.03 Å². The highest BCUT2D eigenvalue weighted by molar-refractivity contribution is 6.04. The molecule has 6 heteroatoms. The molecule has 1 aromatic rings. The Morgan fingerprint density at radius 3 is 2.76 bits per heavy atom. The lowest BCUT2D eigenvalue weighted by molar-refractivity contribution is -0.120. The third-order valence-corrected chi connectivity index (χ3v) is 2.68. The number of rotatable bonds is 1. The monoisotopic (exact) mass is 234 g/mol. The van der Waals surface area contributed by atoms with Crippen LogP contribution in [0.25, 0.3) is 0 Å². The maximum atomic E-state index is 11.6. The number of urea groups is 1. The van der Waals surface area contributed by atoms with E-state index in [9.17, 15) is 9.59 Å². The Morgan fingerprint density at radius 2 is 2.00 bits per heavy atom. The summed E-state index contributed by atoms with van der Waals surface area (Å²) in [5.74, 6) is 0.751. The van der Waals surface area contributed by atoms with Crippen molar-refractivity contribution in [2.45, 2.75) is 6.04 Å². The summed E-state index contributed by atoms with van der Waals surface area (Å²) in [5.41, 5.74) is 0.616. The molecule has 2 aliphatic heterocycles. The minimum Gasteiger partial charge on any atom is -0.486 e. The number of nitrogens with one attached hydrogen (secondary N) is 2. The number of amides is 3. The molecule has 1 atom stereocenters. The highest BCUT2D eigenvalue weighted by atomic mass is 16.6. The van der Waals surface area contributed by atoms with Gasteiger partial charge < -0.3 is 14.8 Å². The summed E-state index contributed by atoms with van der Waals surface area (Å²) >= 11 is 0. The molecule has 2 N–H and O–H groups in total. The van der Waals surface area contributed by atoms with Crippen LogP contribution in [0.2, 0.25) is 0 Å². The summed E-state index contributed by atoms with van der Waals surface area (Å²) in [6.07, 6.45) is 0. The van der Waals surface area contributed by atoms with Crippen molar-refractivity contribution in [2.24, 2.45) is 0 Å². The Kier molecular flexibility index (Phi) is 2.14. The van der Waals surface area contributed by atoms with Crippen LogP contribution in [0.3, 0.4) is 0 Å². The van der Waals surface area contributed by atoms with Gasteiger partial charge in [0.15, 0.2) is 11.5 Å². The number of para-hydroxylation sites is 1. The van der Waals surface area contributed by atoms with Crippen LogP contribution in [-0.4, -0.2) is 25.2 Å². The first kappa shape index (κ1) is 9.95. The molecule has 0 aromatic heterocycles. The molecule has 3 amide bonds. The molecule has 17 heavy (non-hydrogen) atoms.